The Kier molecular flexibility index (Phi) is 3.87. The van der Waals surface area contributed by atoms with Crippen molar-refractivity contribution in [1.29, 1.82) is 0 Å². The zero-order valence-corrected chi connectivity index (χ0v) is 14.9. The van der Waals surface area contributed by atoms with E-state index in [1.165, 1.54) is 0 Å². The van der Waals surface area contributed by atoms with Crippen molar-refractivity contribution in [3.8, 4) is 5.82 Å². The van der Waals surface area contributed by atoms with Gasteiger partial charge in [0.1, 0.15) is 5.58 Å². The fraction of sp³-hybridized carbons (Fsp3) is 0.0455. The van der Waals surface area contributed by atoms with Crippen molar-refractivity contribution in [3.05, 3.63) is 85.0 Å². The Bertz CT molecular complexity index is 1290. The first kappa shape index (κ1) is 16.3. The molecule has 0 radical (unpaired) electrons. The zero-order chi connectivity index (χ0) is 18.9. The van der Waals surface area contributed by atoms with Crippen molar-refractivity contribution < 1.29 is 9.21 Å². The van der Waals surface area contributed by atoms with Crippen molar-refractivity contribution in [2.75, 3.05) is 5.32 Å². The molecule has 0 aliphatic rings. The molecule has 0 saturated heterocycles. The lowest BCUT2D eigenvalue weighted by Gasteiger charge is -2.10. The van der Waals surface area contributed by atoms with E-state index < -0.39 is 0 Å². The fourth-order valence-electron chi connectivity index (χ4n) is 3.44. The second-order valence-electron chi connectivity index (χ2n) is 6.47. The third-order valence-corrected chi connectivity index (χ3v) is 4.67. The van der Waals surface area contributed by atoms with Crippen LogP contribution >= 0.6 is 0 Å². The molecule has 136 valence electrons. The van der Waals surface area contributed by atoms with Crippen LogP contribution in [0.15, 0.2) is 83.9 Å². The summed E-state index contributed by atoms with van der Waals surface area (Å²) in [7, 11) is 0. The van der Waals surface area contributed by atoms with Crippen LogP contribution in [0.25, 0.3) is 27.6 Å². The molecule has 1 N–H and O–H groups in total. The number of carbonyl (C=O) groups excluding carboxylic acids is 1. The number of pyridine rings is 1. The molecule has 0 unspecified atom stereocenters. The van der Waals surface area contributed by atoms with E-state index in [1.807, 2.05) is 42.5 Å². The summed E-state index contributed by atoms with van der Waals surface area (Å²) in [6.07, 6.45) is 6.99. The molecular formula is C22H16N4O2. The van der Waals surface area contributed by atoms with E-state index in [9.17, 15) is 4.79 Å². The SMILES string of the molecule is O=C(Cc1coc2ccc3ccccc3c12)Nc1cccnc1-n1cccn1. The Morgan fingerprint density at radius 3 is 2.86 bits per heavy atom. The molecule has 0 aliphatic heterocycles. The Balaban J connectivity index is 1.47. The van der Waals surface area contributed by atoms with Crippen LogP contribution in [0.4, 0.5) is 5.69 Å². The number of furan rings is 1. The molecule has 3 aromatic heterocycles. The highest BCUT2D eigenvalue weighted by molar-refractivity contribution is 6.09. The van der Waals surface area contributed by atoms with Gasteiger partial charge in [-0.25, -0.2) is 9.67 Å². The van der Waals surface area contributed by atoms with Crippen LogP contribution in [-0.4, -0.2) is 20.7 Å². The van der Waals surface area contributed by atoms with Gasteiger partial charge in [-0.2, -0.15) is 5.10 Å². The molecule has 6 heteroatoms. The number of carbonyl (C=O) groups is 1. The fourth-order valence-corrected chi connectivity index (χ4v) is 3.44. The van der Waals surface area contributed by atoms with Gasteiger partial charge < -0.3 is 9.73 Å². The summed E-state index contributed by atoms with van der Waals surface area (Å²) in [6, 6.07) is 17.5. The number of amides is 1. The largest absolute Gasteiger partial charge is 0.464 e. The maximum absolute atomic E-state index is 12.8. The molecule has 0 spiro atoms. The maximum Gasteiger partial charge on any atom is 0.229 e. The molecule has 0 aliphatic carbocycles. The van der Waals surface area contributed by atoms with Crippen LogP contribution in [0.2, 0.25) is 0 Å². The third kappa shape index (κ3) is 2.81. The lowest BCUT2D eigenvalue weighted by Crippen LogP contribution is -2.16. The standard InChI is InChI=1S/C22H16N4O2/c27-20(25-18-7-3-10-23-22(18)26-12-4-11-24-26)13-16-14-28-19-9-8-15-5-1-2-6-17(15)21(16)19/h1-12,14H,13H2,(H,25,27). The summed E-state index contributed by atoms with van der Waals surface area (Å²) in [5.74, 6) is 0.431. The van der Waals surface area contributed by atoms with E-state index >= 15 is 0 Å². The summed E-state index contributed by atoms with van der Waals surface area (Å²) >= 11 is 0. The Morgan fingerprint density at radius 1 is 1.04 bits per heavy atom. The zero-order valence-electron chi connectivity index (χ0n) is 14.9. The number of anilines is 1. The predicted octanol–water partition coefficient (Wildman–Crippen LogP) is 4.35. The van der Waals surface area contributed by atoms with Gasteiger partial charge in [0, 0.05) is 29.5 Å². The van der Waals surface area contributed by atoms with Gasteiger partial charge in [0.15, 0.2) is 5.82 Å². The van der Waals surface area contributed by atoms with Gasteiger partial charge in [0.25, 0.3) is 0 Å². The number of hydrogen-bond acceptors (Lipinski definition) is 4. The number of hydrogen-bond donors (Lipinski definition) is 1. The van der Waals surface area contributed by atoms with Crippen LogP contribution in [0.5, 0.6) is 0 Å². The topological polar surface area (TPSA) is 73.0 Å². The summed E-state index contributed by atoms with van der Waals surface area (Å²) < 4.78 is 7.31. The van der Waals surface area contributed by atoms with E-state index in [0.29, 0.717) is 11.5 Å². The number of benzene rings is 2. The molecule has 2 aromatic carbocycles. The lowest BCUT2D eigenvalue weighted by atomic mass is 10.0. The molecular weight excluding hydrogens is 352 g/mol. The molecule has 0 bridgehead atoms. The molecule has 0 saturated carbocycles. The Morgan fingerprint density at radius 2 is 1.96 bits per heavy atom. The van der Waals surface area contributed by atoms with E-state index in [-0.39, 0.29) is 12.3 Å². The second-order valence-corrected chi connectivity index (χ2v) is 6.47. The molecule has 0 atom stereocenters. The van der Waals surface area contributed by atoms with Gasteiger partial charge in [-0.1, -0.05) is 30.3 Å². The van der Waals surface area contributed by atoms with Crippen LogP contribution in [-0.2, 0) is 11.2 Å². The summed E-state index contributed by atoms with van der Waals surface area (Å²) in [5, 5.41) is 10.3. The van der Waals surface area contributed by atoms with Gasteiger partial charge in [-0.15, -0.1) is 0 Å². The molecule has 3 heterocycles. The predicted molar refractivity (Wildman–Crippen MR) is 107 cm³/mol. The van der Waals surface area contributed by atoms with Crippen molar-refractivity contribution >= 4 is 33.3 Å². The van der Waals surface area contributed by atoms with Crippen LogP contribution in [0, 0.1) is 0 Å². The van der Waals surface area contributed by atoms with Gasteiger partial charge in [0.2, 0.25) is 5.91 Å². The Hall–Kier alpha value is -3.93. The highest BCUT2D eigenvalue weighted by Crippen LogP contribution is 2.30. The lowest BCUT2D eigenvalue weighted by molar-refractivity contribution is -0.115. The van der Waals surface area contributed by atoms with Crippen LogP contribution < -0.4 is 5.32 Å². The third-order valence-electron chi connectivity index (χ3n) is 4.67. The van der Waals surface area contributed by atoms with Gasteiger partial charge in [-0.3, -0.25) is 4.79 Å². The quantitative estimate of drug-likeness (QED) is 0.512. The maximum atomic E-state index is 12.8. The first-order chi connectivity index (χ1) is 13.8. The van der Waals surface area contributed by atoms with Crippen LogP contribution in [0.1, 0.15) is 5.56 Å². The number of nitrogens with zero attached hydrogens (tertiary/aromatic N) is 3. The van der Waals surface area contributed by atoms with Gasteiger partial charge >= 0.3 is 0 Å². The van der Waals surface area contributed by atoms with Crippen molar-refractivity contribution in [2.24, 2.45) is 0 Å². The second kappa shape index (κ2) is 6.66. The minimum atomic E-state index is -0.142. The molecule has 0 fully saturated rings. The molecule has 5 rings (SSSR count). The number of rotatable bonds is 4. The average Bonchev–Trinajstić information content (AvgIpc) is 3.39. The molecule has 1 amide bonds. The van der Waals surface area contributed by atoms with E-state index in [1.54, 1.807) is 35.6 Å². The molecule has 28 heavy (non-hydrogen) atoms. The number of aromatic nitrogens is 3. The summed E-state index contributed by atoms with van der Waals surface area (Å²) in [6.45, 7) is 0. The highest BCUT2D eigenvalue weighted by Gasteiger charge is 2.15. The van der Waals surface area contributed by atoms with E-state index in [2.05, 4.69) is 21.5 Å². The van der Waals surface area contributed by atoms with Crippen molar-refractivity contribution in [1.82, 2.24) is 14.8 Å². The monoisotopic (exact) mass is 368 g/mol. The average molecular weight is 368 g/mol. The normalized spacial score (nSPS) is 11.1. The first-order valence-corrected chi connectivity index (χ1v) is 8.92. The van der Waals surface area contributed by atoms with Gasteiger partial charge in [0.05, 0.1) is 18.4 Å². The van der Waals surface area contributed by atoms with E-state index in [0.717, 1.165) is 27.3 Å². The Labute approximate surface area is 160 Å². The minimum absolute atomic E-state index is 0.142. The van der Waals surface area contributed by atoms with Crippen LogP contribution in [0.3, 0.4) is 0 Å². The summed E-state index contributed by atoms with van der Waals surface area (Å²) in [5.41, 5.74) is 2.24. The summed E-state index contributed by atoms with van der Waals surface area (Å²) in [4.78, 5) is 17.1. The van der Waals surface area contributed by atoms with Gasteiger partial charge in [-0.05, 0) is 35.0 Å². The van der Waals surface area contributed by atoms with E-state index in [4.69, 9.17) is 4.42 Å². The molecule has 6 nitrogen and oxygen atoms in total. The first-order valence-electron chi connectivity index (χ1n) is 8.92. The molecule has 5 aromatic rings. The highest BCUT2D eigenvalue weighted by atomic mass is 16.3. The van der Waals surface area contributed by atoms with Crippen molar-refractivity contribution in [2.45, 2.75) is 6.42 Å². The van der Waals surface area contributed by atoms with Crippen molar-refractivity contribution in [3.63, 3.8) is 0 Å². The number of fused-ring (bicyclic) bond motifs is 3. The smallest absolute Gasteiger partial charge is 0.229 e. The minimum Gasteiger partial charge on any atom is -0.464 e. The number of nitrogens with one attached hydrogen (secondary N) is 1.